The van der Waals surface area contributed by atoms with Crippen molar-refractivity contribution in [2.75, 3.05) is 13.1 Å². The zero-order chi connectivity index (χ0) is 14.1. The van der Waals surface area contributed by atoms with Gasteiger partial charge in [-0.3, -0.25) is 0 Å². The van der Waals surface area contributed by atoms with Crippen molar-refractivity contribution >= 4 is 0 Å². The maximum atomic E-state index is 3.65. The summed E-state index contributed by atoms with van der Waals surface area (Å²) >= 11 is 0. The standard InChI is InChI=1S/C18H31N/c1-5-14-19-15-18(6-2,13-12-16(3)4)17-10-8-7-9-11-17/h7-11,16,19H,5-6,12-15H2,1-4H3. The fourth-order valence-corrected chi connectivity index (χ4v) is 2.70. The van der Waals surface area contributed by atoms with Gasteiger partial charge in [0, 0.05) is 12.0 Å². The highest BCUT2D eigenvalue weighted by Gasteiger charge is 2.29. The molecule has 108 valence electrons. The maximum Gasteiger partial charge on any atom is 0.00752 e. The molecular weight excluding hydrogens is 230 g/mol. The normalized spacial score (nSPS) is 14.6. The lowest BCUT2D eigenvalue weighted by molar-refractivity contribution is 0.326. The molecule has 1 aromatic carbocycles. The second-order valence-electron chi connectivity index (χ2n) is 6.11. The molecule has 0 radical (unpaired) electrons. The molecule has 0 aliphatic carbocycles. The Morgan fingerprint density at radius 1 is 1.11 bits per heavy atom. The molecule has 1 rings (SSSR count). The Balaban J connectivity index is 2.85. The van der Waals surface area contributed by atoms with E-state index in [0.29, 0.717) is 5.41 Å². The molecule has 0 aliphatic heterocycles. The van der Waals surface area contributed by atoms with Crippen LogP contribution < -0.4 is 5.32 Å². The van der Waals surface area contributed by atoms with Crippen molar-refractivity contribution in [2.45, 2.75) is 58.8 Å². The van der Waals surface area contributed by atoms with Crippen molar-refractivity contribution in [3.8, 4) is 0 Å². The number of hydrogen-bond donors (Lipinski definition) is 1. The van der Waals surface area contributed by atoms with Crippen molar-refractivity contribution in [1.29, 1.82) is 0 Å². The molecule has 0 spiro atoms. The minimum Gasteiger partial charge on any atom is -0.316 e. The van der Waals surface area contributed by atoms with Crippen LogP contribution in [0.5, 0.6) is 0 Å². The minimum absolute atomic E-state index is 0.306. The summed E-state index contributed by atoms with van der Waals surface area (Å²) in [5, 5.41) is 3.65. The smallest absolute Gasteiger partial charge is 0.00752 e. The fourth-order valence-electron chi connectivity index (χ4n) is 2.70. The van der Waals surface area contributed by atoms with Crippen LogP contribution in [0.4, 0.5) is 0 Å². The lowest BCUT2D eigenvalue weighted by Crippen LogP contribution is -2.38. The van der Waals surface area contributed by atoms with Crippen LogP contribution in [0.25, 0.3) is 0 Å². The highest BCUT2D eigenvalue weighted by molar-refractivity contribution is 5.26. The van der Waals surface area contributed by atoms with Gasteiger partial charge >= 0.3 is 0 Å². The van der Waals surface area contributed by atoms with Gasteiger partial charge in [-0.15, -0.1) is 0 Å². The van der Waals surface area contributed by atoms with E-state index in [2.05, 4.69) is 63.3 Å². The predicted octanol–water partition coefficient (Wildman–Crippen LogP) is 4.77. The zero-order valence-corrected chi connectivity index (χ0v) is 13.2. The monoisotopic (exact) mass is 261 g/mol. The molecule has 0 fully saturated rings. The van der Waals surface area contributed by atoms with Crippen molar-refractivity contribution in [1.82, 2.24) is 5.32 Å². The summed E-state index contributed by atoms with van der Waals surface area (Å²) in [5.74, 6) is 0.779. The number of benzene rings is 1. The van der Waals surface area contributed by atoms with Gasteiger partial charge in [0.15, 0.2) is 0 Å². The van der Waals surface area contributed by atoms with Gasteiger partial charge < -0.3 is 5.32 Å². The zero-order valence-electron chi connectivity index (χ0n) is 13.2. The molecule has 0 aromatic heterocycles. The third kappa shape index (κ3) is 4.99. The van der Waals surface area contributed by atoms with Crippen LogP contribution in [0.1, 0.15) is 58.9 Å². The fraction of sp³-hybridized carbons (Fsp3) is 0.667. The van der Waals surface area contributed by atoms with E-state index in [4.69, 9.17) is 0 Å². The molecule has 0 saturated heterocycles. The van der Waals surface area contributed by atoms with E-state index in [0.717, 1.165) is 19.0 Å². The lowest BCUT2D eigenvalue weighted by atomic mass is 9.73. The van der Waals surface area contributed by atoms with Crippen molar-refractivity contribution in [3.05, 3.63) is 35.9 Å². The minimum atomic E-state index is 0.306. The number of nitrogens with one attached hydrogen (secondary N) is 1. The summed E-state index contributed by atoms with van der Waals surface area (Å²) in [4.78, 5) is 0. The Hall–Kier alpha value is -0.820. The Morgan fingerprint density at radius 2 is 1.79 bits per heavy atom. The van der Waals surface area contributed by atoms with Gasteiger partial charge in [0.2, 0.25) is 0 Å². The first-order valence-electron chi connectivity index (χ1n) is 7.91. The molecule has 1 N–H and O–H groups in total. The van der Waals surface area contributed by atoms with Gasteiger partial charge in [-0.05, 0) is 37.3 Å². The van der Waals surface area contributed by atoms with Gasteiger partial charge in [0.25, 0.3) is 0 Å². The van der Waals surface area contributed by atoms with Gasteiger partial charge in [-0.1, -0.05) is 64.4 Å². The summed E-state index contributed by atoms with van der Waals surface area (Å²) in [6.45, 7) is 11.4. The quantitative estimate of drug-likeness (QED) is 0.631. The molecule has 0 amide bonds. The Morgan fingerprint density at radius 3 is 2.32 bits per heavy atom. The van der Waals surface area contributed by atoms with Crippen molar-refractivity contribution < 1.29 is 0 Å². The first-order chi connectivity index (χ1) is 9.14. The van der Waals surface area contributed by atoms with Crippen molar-refractivity contribution in [2.24, 2.45) is 5.92 Å². The van der Waals surface area contributed by atoms with E-state index in [1.165, 1.54) is 31.2 Å². The molecule has 0 bridgehead atoms. The summed E-state index contributed by atoms with van der Waals surface area (Å²) in [5.41, 5.74) is 1.81. The molecule has 0 saturated carbocycles. The molecule has 1 aromatic rings. The average Bonchev–Trinajstić information content (AvgIpc) is 2.44. The highest BCUT2D eigenvalue weighted by Crippen LogP contribution is 2.33. The van der Waals surface area contributed by atoms with Crippen LogP contribution >= 0.6 is 0 Å². The van der Waals surface area contributed by atoms with E-state index in [-0.39, 0.29) is 0 Å². The van der Waals surface area contributed by atoms with E-state index in [9.17, 15) is 0 Å². The van der Waals surface area contributed by atoms with Crippen LogP contribution in [0.3, 0.4) is 0 Å². The number of hydrogen-bond acceptors (Lipinski definition) is 1. The van der Waals surface area contributed by atoms with Gasteiger partial charge in [0.05, 0.1) is 0 Å². The number of rotatable bonds is 9. The summed E-state index contributed by atoms with van der Waals surface area (Å²) in [6.07, 6.45) is 5.00. The summed E-state index contributed by atoms with van der Waals surface area (Å²) in [7, 11) is 0. The Bertz CT molecular complexity index is 331. The molecule has 0 heterocycles. The van der Waals surface area contributed by atoms with E-state index < -0.39 is 0 Å². The average molecular weight is 261 g/mol. The molecule has 19 heavy (non-hydrogen) atoms. The molecule has 1 heteroatoms. The largest absolute Gasteiger partial charge is 0.316 e. The topological polar surface area (TPSA) is 12.0 Å². The maximum absolute atomic E-state index is 3.65. The molecular formula is C18H31N. The van der Waals surface area contributed by atoms with Gasteiger partial charge in [0.1, 0.15) is 0 Å². The van der Waals surface area contributed by atoms with E-state index in [1.807, 2.05) is 0 Å². The third-order valence-corrected chi connectivity index (χ3v) is 4.15. The van der Waals surface area contributed by atoms with Crippen LogP contribution in [-0.4, -0.2) is 13.1 Å². The van der Waals surface area contributed by atoms with Crippen molar-refractivity contribution in [3.63, 3.8) is 0 Å². The SMILES string of the molecule is CCCNCC(CC)(CCC(C)C)c1ccccc1. The third-order valence-electron chi connectivity index (χ3n) is 4.15. The molecule has 1 nitrogen and oxygen atoms in total. The van der Waals surface area contributed by atoms with E-state index in [1.54, 1.807) is 0 Å². The lowest BCUT2D eigenvalue weighted by Gasteiger charge is -2.35. The van der Waals surface area contributed by atoms with Gasteiger partial charge in [-0.2, -0.15) is 0 Å². The first kappa shape index (κ1) is 16.2. The second kappa shape index (κ2) is 8.37. The van der Waals surface area contributed by atoms with Crippen LogP contribution in [0.15, 0.2) is 30.3 Å². The van der Waals surface area contributed by atoms with Gasteiger partial charge in [-0.25, -0.2) is 0 Å². The molecule has 1 unspecified atom stereocenters. The van der Waals surface area contributed by atoms with Crippen LogP contribution in [0, 0.1) is 5.92 Å². The predicted molar refractivity (Wildman–Crippen MR) is 85.6 cm³/mol. The van der Waals surface area contributed by atoms with E-state index >= 15 is 0 Å². The highest BCUT2D eigenvalue weighted by atomic mass is 14.9. The summed E-state index contributed by atoms with van der Waals surface area (Å²) in [6, 6.07) is 11.1. The molecule has 0 aliphatic rings. The Labute approximate surface area is 119 Å². The second-order valence-corrected chi connectivity index (χ2v) is 6.11. The molecule has 1 atom stereocenters. The Kier molecular flexibility index (Phi) is 7.15. The first-order valence-corrected chi connectivity index (χ1v) is 7.91. The van der Waals surface area contributed by atoms with Crippen LogP contribution in [-0.2, 0) is 5.41 Å². The summed E-state index contributed by atoms with van der Waals surface area (Å²) < 4.78 is 0. The van der Waals surface area contributed by atoms with Crippen LogP contribution in [0.2, 0.25) is 0 Å².